The summed E-state index contributed by atoms with van der Waals surface area (Å²) in [5.74, 6) is 0. The van der Waals surface area contributed by atoms with Gasteiger partial charge in [0.2, 0.25) is 0 Å². The Morgan fingerprint density at radius 3 is 2.06 bits per heavy atom. The highest BCUT2D eigenvalue weighted by Gasteiger charge is 2.26. The van der Waals surface area contributed by atoms with Crippen LogP contribution in [0.25, 0.3) is 0 Å². The summed E-state index contributed by atoms with van der Waals surface area (Å²) in [6.45, 7) is 0.726. The maximum Gasteiger partial charge on any atom is 0.134 e. The van der Waals surface area contributed by atoms with Crippen LogP contribution in [0.1, 0.15) is 23.4 Å². The van der Waals surface area contributed by atoms with Crippen molar-refractivity contribution in [2.24, 2.45) is 0 Å². The largest absolute Gasteiger partial charge is 0.357 e. The lowest BCUT2D eigenvalue weighted by molar-refractivity contribution is 0.101. The molecule has 1 unspecified atom stereocenters. The number of rotatable bonds is 2. The number of benzene rings is 2. The summed E-state index contributed by atoms with van der Waals surface area (Å²) in [4.78, 5) is 0. The predicted octanol–water partition coefficient (Wildman–Crippen LogP) is 3.05. The van der Waals surface area contributed by atoms with Crippen LogP contribution in [-0.4, -0.2) is 6.61 Å². The van der Waals surface area contributed by atoms with E-state index in [9.17, 15) is 0 Å². The summed E-state index contributed by atoms with van der Waals surface area (Å²) in [5.41, 5.74) is 2.47. The first kappa shape index (κ1) is 10.5. The zero-order valence-corrected chi connectivity index (χ0v) is 9.54. The van der Waals surface area contributed by atoms with Crippen LogP contribution in [-0.2, 0) is 4.74 Å². The predicted molar refractivity (Wildman–Crippen MR) is 67.5 cm³/mol. The van der Waals surface area contributed by atoms with Gasteiger partial charge in [-0.15, -0.1) is 0 Å². The van der Waals surface area contributed by atoms with Crippen molar-refractivity contribution in [3.63, 3.8) is 0 Å². The summed E-state index contributed by atoms with van der Waals surface area (Å²) in [6, 6.07) is 21.0. The minimum atomic E-state index is 0.0152. The second-order valence-corrected chi connectivity index (χ2v) is 4.25. The topological polar surface area (TPSA) is 21.3 Å². The lowest BCUT2D eigenvalue weighted by Crippen LogP contribution is -2.18. The van der Waals surface area contributed by atoms with Gasteiger partial charge in [-0.1, -0.05) is 60.7 Å². The quantitative estimate of drug-likeness (QED) is 0.848. The summed E-state index contributed by atoms with van der Waals surface area (Å²) in [6.07, 6.45) is 0.0152. The number of nitrogens with one attached hydrogen (secondary N) is 1. The fourth-order valence-corrected chi connectivity index (χ4v) is 2.17. The zero-order chi connectivity index (χ0) is 11.5. The average Bonchev–Trinajstić information content (AvgIpc) is 2.90. The van der Waals surface area contributed by atoms with E-state index in [2.05, 4.69) is 41.7 Å². The van der Waals surface area contributed by atoms with Gasteiger partial charge in [0.25, 0.3) is 0 Å². The first-order valence-electron chi connectivity index (χ1n) is 5.91. The van der Waals surface area contributed by atoms with Crippen LogP contribution in [0, 0.1) is 0 Å². The molecule has 2 aromatic rings. The van der Waals surface area contributed by atoms with Crippen LogP contribution >= 0.6 is 0 Å². The summed E-state index contributed by atoms with van der Waals surface area (Å²) < 4.78 is 5.79. The van der Waals surface area contributed by atoms with Crippen molar-refractivity contribution in [1.29, 1.82) is 0 Å². The van der Waals surface area contributed by atoms with Crippen LogP contribution < -0.4 is 5.32 Å². The molecule has 1 aliphatic heterocycles. The Bertz CT molecular complexity index is 423. The standard InChI is InChI=1S/C15H15NO/c1-3-7-12(8-4-1)14-11-17-15(16-14)13-9-5-2-6-10-13/h1-10,14-16H,11H2/t14-,15?/m1/s1. The number of hydrogen-bond acceptors (Lipinski definition) is 2. The molecular weight excluding hydrogens is 210 g/mol. The highest BCUT2D eigenvalue weighted by atomic mass is 16.5. The SMILES string of the molecule is c1ccc(C2N[C@@H](c3ccccc3)CO2)cc1. The van der Waals surface area contributed by atoms with Gasteiger partial charge < -0.3 is 4.74 Å². The van der Waals surface area contributed by atoms with Crippen molar-refractivity contribution in [3.05, 3.63) is 71.8 Å². The minimum absolute atomic E-state index is 0.0152. The molecule has 2 heteroatoms. The molecule has 2 nitrogen and oxygen atoms in total. The maximum atomic E-state index is 5.79. The third kappa shape index (κ3) is 2.23. The molecule has 1 fully saturated rings. The molecule has 0 spiro atoms. The molecule has 0 amide bonds. The minimum Gasteiger partial charge on any atom is -0.357 e. The van der Waals surface area contributed by atoms with Crippen molar-refractivity contribution in [2.75, 3.05) is 6.61 Å². The lowest BCUT2D eigenvalue weighted by atomic mass is 10.1. The molecule has 3 rings (SSSR count). The summed E-state index contributed by atoms with van der Waals surface area (Å²) >= 11 is 0. The Kier molecular flexibility index (Phi) is 2.90. The van der Waals surface area contributed by atoms with E-state index < -0.39 is 0 Å². The van der Waals surface area contributed by atoms with Gasteiger partial charge in [-0.05, 0) is 11.1 Å². The van der Waals surface area contributed by atoms with Gasteiger partial charge in [0.15, 0.2) is 0 Å². The maximum absolute atomic E-state index is 5.79. The van der Waals surface area contributed by atoms with E-state index in [1.54, 1.807) is 0 Å². The Balaban J connectivity index is 1.75. The Hall–Kier alpha value is -1.64. The summed E-state index contributed by atoms with van der Waals surface area (Å²) in [5, 5.41) is 3.50. The Labute approximate surface area is 101 Å². The first-order valence-corrected chi connectivity index (χ1v) is 5.91. The fourth-order valence-electron chi connectivity index (χ4n) is 2.17. The van der Waals surface area contributed by atoms with Crippen molar-refractivity contribution >= 4 is 0 Å². The molecule has 0 aliphatic carbocycles. The van der Waals surface area contributed by atoms with Gasteiger partial charge >= 0.3 is 0 Å². The molecule has 86 valence electrons. The smallest absolute Gasteiger partial charge is 0.134 e. The van der Waals surface area contributed by atoms with Crippen molar-refractivity contribution in [2.45, 2.75) is 12.3 Å². The molecule has 2 atom stereocenters. The molecule has 1 saturated heterocycles. The van der Waals surface area contributed by atoms with E-state index in [0.29, 0.717) is 6.04 Å². The molecule has 0 bridgehead atoms. The molecule has 0 radical (unpaired) electrons. The van der Waals surface area contributed by atoms with Gasteiger partial charge in [-0.25, -0.2) is 0 Å². The van der Waals surface area contributed by atoms with Gasteiger partial charge in [-0.3, -0.25) is 5.32 Å². The third-order valence-corrected chi connectivity index (χ3v) is 3.09. The molecule has 1 aliphatic rings. The van der Waals surface area contributed by atoms with E-state index >= 15 is 0 Å². The number of hydrogen-bond donors (Lipinski definition) is 1. The van der Waals surface area contributed by atoms with E-state index in [1.807, 2.05) is 24.3 Å². The van der Waals surface area contributed by atoms with E-state index in [0.717, 1.165) is 6.61 Å². The molecule has 0 saturated carbocycles. The summed E-state index contributed by atoms with van der Waals surface area (Å²) in [7, 11) is 0. The number of ether oxygens (including phenoxy) is 1. The molecule has 0 aromatic heterocycles. The van der Waals surface area contributed by atoms with E-state index in [1.165, 1.54) is 11.1 Å². The van der Waals surface area contributed by atoms with Gasteiger partial charge in [0.05, 0.1) is 12.6 Å². The monoisotopic (exact) mass is 225 g/mol. The molecular formula is C15H15NO. The molecule has 1 heterocycles. The highest BCUT2D eigenvalue weighted by molar-refractivity contribution is 5.23. The van der Waals surface area contributed by atoms with Crippen molar-refractivity contribution < 1.29 is 4.74 Å². The second-order valence-electron chi connectivity index (χ2n) is 4.25. The Morgan fingerprint density at radius 1 is 0.824 bits per heavy atom. The fraction of sp³-hybridized carbons (Fsp3) is 0.200. The molecule has 1 N–H and O–H groups in total. The highest BCUT2D eigenvalue weighted by Crippen LogP contribution is 2.27. The van der Waals surface area contributed by atoms with Crippen LogP contribution in [0.3, 0.4) is 0 Å². The average molecular weight is 225 g/mol. The molecule has 2 aromatic carbocycles. The second kappa shape index (κ2) is 4.70. The normalized spacial score (nSPS) is 23.8. The van der Waals surface area contributed by atoms with Crippen LogP contribution in [0.4, 0.5) is 0 Å². The van der Waals surface area contributed by atoms with Crippen molar-refractivity contribution in [3.8, 4) is 0 Å². The first-order chi connectivity index (χ1) is 8.43. The van der Waals surface area contributed by atoms with Crippen LogP contribution in [0.5, 0.6) is 0 Å². The van der Waals surface area contributed by atoms with E-state index in [-0.39, 0.29) is 6.23 Å². The van der Waals surface area contributed by atoms with E-state index in [4.69, 9.17) is 4.74 Å². The Morgan fingerprint density at radius 2 is 1.41 bits per heavy atom. The molecule has 17 heavy (non-hydrogen) atoms. The van der Waals surface area contributed by atoms with Gasteiger partial charge in [0, 0.05) is 0 Å². The lowest BCUT2D eigenvalue weighted by Gasteiger charge is -2.12. The van der Waals surface area contributed by atoms with Crippen LogP contribution in [0.2, 0.25) is 0 Å². The van der Waals surface area contributed by atoms with Gasteiger partial charge in [0.1, 0.15) is 6.23 Å². The van der Waals surface area contributed by atoms with Crippen LogP contribution in [0.15, 0.2) is 60.7 Å². The zero-order valence-electron chi connectivity index (χ0n) is 9.54. The van der Waals surface area contributed by atoms with Crippen molar-refractivity contribution in [1.82, 2.24) is 5.32 Å². The van der Waals surface area contributed by atoms with Gasteiger partial charge in [-0.2, -0.15) is 0 Å². The third-order valence-electron chi connectivity index (χ3n) is 3.09.